The van der Waals surface area contributed by atoms with Crippen molar-refractivity contribution in [3.8, 4) is 6.07 Å². The summed E-state index contributed by atoms with van der Waals surface area (Å²) in [5, 5.41) is 12.3. The van der Waals surface area contributed by atoms with Crippen LogP contribution in [-0.2, 0) is 6.54 Å². The van der Waals surface area contributed by atoms with Crippen LogP contribution < -0.4 is 5.32 Å². The van der Waals surface area contributed by atoms with Gasteiger partial charge in [-0.25, -0.2) is 4.39 Å². The predicted molar refractivity (Wildman–Crippen MR) is 77.7 cm³/mol. The van der Waals surface area contributed by atoms with Gasteiger partial charge in [-0.05, 0) is 45.0 Å². The first-order valence-corrected chi connectivity index (χ1v) is 7.38. The summed E-state index contributed by atoms with van der Waals surface area (Å²) < 4.78 is 14.2. The third kappa shape index (κ3) is 3.56. The van der Waals surface area contributed by atoms with Gasteiger partial charge in [-0.3, -0.25) is 4.90 Å². The fourth-order valence-electron chi connectivity index (χ4n) is 2.86. The number of nitrogens with one attached hydrogen (secondary N) is 1. The number of benzene rings is 1. The van der Waals surface area contributed by atoms with Crippen LogP contribution >= 0.6 is 0 Å². The molecule has 1 aromatic carbocycles. The van der Waals surface area contributed by atoms with Crippen molar-refractivity contribution in [3.63, 3.8) is 0 Å². The molecule has 0 spiro atoms. The van der Waals surface area contributed by atoms with Crippen LogP contribution in [-0.4, -0.2) is 30.6 Å². The largest absolute Gasteiger partial charge is 0.317 e. The average Bonchev–Trinajstić information content (AvgIpc) is 2.49. The molecule has 0 aromatic heterocycles. The molecule has 1 aromatic rings. The van der Waals surface area contributed by atoms with Crippen LogP contribution in [0.3, 0.4) is 0 Å². The lowest BCUT2D eigenvalue weighted by atomic mass is 10.0. The number of piperidine rings is 1. The first kappa shape index (κ1) is 15.0. The van der Waals surface area contributed by atoms with Crippen molar-refractivity contribution in [2.45, 2.75) is 38.8 Å². The molecule has 0 radical (unpaired) electrons. The van der Waals surface area contributed by atoms with Crippen molar-refractivity contribution >= 4 is 0 Å². The molecule has 1 N–H and O–H groups in total. The SMILES string of the molecule is CCCN(Cc1cccc(C#N)c1F)C1CCNCC1. The Morgan fingerprint density at radius 2 is 2.15 bits per heavy atom. The van der Waals surface area contributed by atoms with Crippen LogP contribution in [0.15, 0.2) is 18.2 Å². The van der Waals surface area contributed by atoms with Gasteiger partial charge in [-0.15, -0.1) is 0 Å². The Bertz CT molecular complexity index is 475. The molecule has 1 fully saturated rings. The van der Waals surface area contributed by atoms with Gasteiger partial charge in [-0.1, -0.05) is 19.1 Å². The van der Waals surface area contributed by atoms with E-state index in [1.54, 1.807) is 12.1 Å². The van der Waals surface area contributed by atoms with Crippen molar-refractivity contribution in [1.29, 1.82) is 5.26 Å². The molecule has 0 unspecified atom stereocenters. The molecule has 0 saturated carbocycles. The lowest BCUT2D eigenvalue weighted by Crippen LogP contribution is -2.43. The summed E-state index contributed by atoms with van der Waals surface area (Å²) in [6, 6.07) is 7.53. The number of halogens is 1. The molecular weight excluding hydrogens is 253 g/mol. The van der Waals surface area contributed by atoms with Gasteiger partial charge >= 0.3 is 0 Å². The molecule has 20 heavy (non-hydrogen) atoms. The van der Waals surface area contributed by atoms with Gasteiger partial charge in [0.1, 0.15) is 11.9 Å². The van der Waals surface area contributed by atoms with Gasteiger partial charge in [-0.2, -0.15) is 5.26 Å². The quantitative estimate of drug-likeness (QED) is 0.898. The molecular formula is C16H22FN3. The molecule has 4 heteroatoms. The van der Waals surface area contributed by atoms with Gasteiger partial charge in [0, 0.05) is 18.2 Å². The third-order valence-corrected chi connectivity index (χ3v) is 3.91. The topological polar surface area (TPSA) is 39.1 Å². The van der Waals surface area contributed by atoms with E-state index in [1.807, 2.05) is 6.07 Å². The Morgan fingerprint density at radius 3 is 2.80 bits per heavy atom. The lowest BCUT2D eigenvalue weighted by molar-refractivity contribution is 0.152. The second-order valence-corrected chi connectivity index (χ2v) is 5.34. The summed E-state index contributed by atoms with van der Waals surface area (Å²) in [5.74, 6) is -0.356. The van der Waals surface area contributed by atoms with Crippen LogP contribution in [0.25, 0.3) is 0 Å². The number of rotatable bonds is 5. The molecule has 1 aliphatic heterocycles. The maximum Gasteiger partial charge on any atom is 0.145 e. The second kappa shape index (κ2) is 7.37. The maximum atomic E-state index is 14.2. The highest BCUT2D eigenvalue weighted by Gasteiger charge is 2.21. The van der Waals surface area contributed by atoms with Crippen molar-refractivity contribution < 1.29 is 4.39 Å². The minimum atomic E-state index is -0.356. The molecule has 2 rings (SSSR count). The van der Waals surface area contributed by atoms with E-state index in [4.69, 9.17) is 5.26 Å². The van der Waals surface area contributed by atoms with Gasteiger partial charge in [0.25, 0.3) is 0 Å². The van der Waals surface area contributed by atoms with Crippen LogP contribution in [0.1, 0.15) is 37.3 Å². The summed E-state index contributed by atoms with van der Waals surface area (Å²) in [6.07, 6.45) is 3.28. The third-order valence-electron chi connectivity index (χ3n) is 3.91. The standard InChI is InChI=1S/C16H22FN3/c1-2-10-20(15-6-8-19-9-7-15)12-14-5-3-4-13(11-18)16(14)17/h3-5,15,19H,2,6-10,12H2,1H3. The fraction of sp³-hybridized carbons (Fsp3) is 0.562. The highest BCUT2D eigenvalue weighted by atomic mass is 19.1. The number of hydrogen-bond donors (Lipinski definition) is 1. The van der Waals surface area contributed by atoms with Crippen molar-refractivity contribution in [2.75, 3.05) is 19.6 Å². The number of nitriles is 1. The Balaban J connectivity index is 2.13. The van der Waals surface area contributed by atoms with Gasteiger partial charge in [0.2, 0.25) is 0 Å². The summed E-state index contributed by atoms with van der Waals surface area (Å²) in [4.78, 5) is 2.36. The number of hydrogen-bond acceptors (Lipinski definition) is 3. The summed E-state index contributed by atoms with van der Waals surface area (Å²) in [5.41, 5.74) is 0.778. The first-order valence-electron chi connectivity index (χ1n) is 7.38. The first-order chi connectivity index (χ1) is 9.76. The summed E-state index contributed by atoms with van der Waals surface area (Å²) >= 11 is 0. The van der Waals surface area contributed by atoms with Gasteiger partial charge in [0.15, 0.2) is 0 Å². The molecule has 0 bridgehead atoms. The normalized spacial score (nSPS) is 16.3. The zero-order valence-corrected chi connectivity index (χ0v) is 12.0. The minimum absolute atomic E-state index is 0.143. The zero-order valence-electron chi connectivity index (χ0n) is 12.0. The molecule has 108 valence electrons. The van der Waals surface area contributed by atoms with E-state index in [0.29, 0.717) is 18.2 Å². The fourth-order valence-corrected chi connectivity index (χ4v) is 2.86. The van der Waals surface area contributed by atoms with Gasteiger partial charge in [0.05, 0.1) is 5.56 Å². The Hall–Kier alpha value is -1.44. The highest BCUT2D eigenvalue weighted by Crippen LogP contribution is 2.19. The molecule has 0 atom stereocenters. The van der Waals surface area contributed by atoms with Crippen LogP contribution in [0.4, 0.5) is 4.39 Å². The zero-order chi connectivity index (χ0) is 14.4. The monoisotopic (exact) mass is 275 g/mol. The Labute approximate surface area is 120 Å². The molecule has 3 nitrogen and oxygen atoms in total. The second-order valence-electron chi connectivity index (χ2n) is 5.34. The molecule has 1 aliphatic rings. The van der Waals surface area contributed by atoms with Crippen molar-refractivity contribution in [2.24, 2.45) is 0 Å². The Morgan fingerprint density at radius 1 is 1.40 bits per heavy atom. The van der Waals surface area contributed by atoms with Crippen LogP contribution in [0, 0.1) is 17.1 Å². The van der Waals surface area contributed by atoms with E-state index in [2.05, 4.69) is 17.1 Å². The molecule has 1 heterocycles. The van der Waals surface area contributed by atoms with E-state index in [1.165, 1.54) is 6.07 Å². The predicted octanol–water partition coefficient (Wildman–Crippen LogP) is 2.66. The van der Waals surface area contributed by atoms with E-state index in [-0.39, 0.29) is 11.4 Å². The van der Waals surface area contributed by atoms with Gasteiger partial charge < -0.3 is 5.32 Å². The van der Waals surface area contributed by atoms with Crippen LogP contribution in [0.2, 0.25) is 0 Å². The maximum absolute atomic E-state index is 14.2. The smallest absolute Gasteiger partial charge is 0.145 e. The van der Waals surface area contributed by atoms with Crippen LogP contribution in [0.5, 0.6) is 0 Å². The van der Waals surface area contributed by atoms with Crippen molar-refractivity contribution in [1.82, 2.24) is 10.2 Å². The van der Waals surface area contributed by atoms with Crippen molar-refractivity contribution in [3.05, 3.63) is 35.1 Å². The van der Waals surface area contributed by atoms with E-state index in [9.17, 15) is 4.39 Å². The molecule has 0 amide bonds. The molecule has 0 aliphatic carbocycles. The summed E-state index contributed by atoms with van der Waals surface area (Å²) in [6.45, 7) is 5.79. The highest BCUT2D eigenvalue weighted by molar-refractivity contribution is 5.34. The number of nitrogens with zero attached hydrogens (tertiary/aromatic N) is 2. The van der Waals surface area contributed by atoms with E-state index in [0.717, 1.165) is 38.9 Å². The Kier molecular flexibility index (Phi) is 5.51. The lowest BCUT2D eigenvalue weighted by Gasteiger charge is -2.34. The minimum Gasteiger partial charge on any atom is -0.317 e. The summed E-state index contributed by atoms with van der Waals surface area (Å²) in [7, 11) is 0. The molecule has 1 saturated heterocycles. The van der Waals surface area contributed by atoms with E-state index >= 15 is 0 Å². The van der Waals surface area contributed by atoms with E-state index < -0.39 is 0 Å². The average molecular weight is 275 g/mol.